The number of urea groups is 1. The number of amides is 2. The minimum Gasteiger partial charge on any atom is -0.397 e. The number of nitrogens with zero attached hydrogens (tertiary/aromatic N) is 10. The standard InChI is InChI=1S/C42H44ClN13O3/c43-39-4-2-1-3-36(39)31-56(55(12-11-54-15-19-59-20-16-54)41-50-27-35(28-51-41)7-5-32-21-37(44)29-45-23-32)42(57)52-38-22-33(24-46-30-38)6-8-34-25-48-40(49-26-34)47-9-10-53-13-17-58-18-14-53/h1-4,21-30H,9-20,31,44H2,(H,52,57)(H,47,48,49). The van der Waals surface area contributed by atoms with E-state index < -0.39 is 6.03 Å². The molecule has 7 rings (SSSR count). The summed E-state index contributed by atoms with van der Waals surface area (Å²) in [5.41, 5.74) is 10.0. The number of carbonyl (C=O) groups excluding carboxylic acids is 1. The number of nitrogens with two attached hydrogens (primary N) is 1. The first-order valence-corrected chi connectivity index (χ1v) is 19.6. The number of hydrogen-bond donors (Lipinski definition) is 3. The summed E-state index contributed by atoms with van der Waals surface area (Å²) in [5.74, 6) is 13.1. The lowest BCUT2D eigenvalue weighted by Crippen LogP contribution is -2.52. The molecule has 4 N–H and O–H groups in total. The number of morpholine rings is 2. The normalized spacial score (nSPS) is 14.3. The average molecular weight is 814 g/mol. The fraction of sp³-hybridized carbons (Fsp3) is 0.310. The Bertz CT molecular complexity index is 2280. The summed E-state index contributed by atoms with van der Waals surface area (Å²) >= 11 is 6.66. The zero-order valence-electron chi connectivity index (χ0n) is 32.4. The molecule has 0 radical (unpaired) electrons. The van der Waals surface area contributed by atoms with Crippen LogP contribution in [0.5, 0.6) is 0 Å². The third-order valence-electron chi connectivity index (χ3n) is 9.32. The molecule has 0 spiro atoms. The minimum absolute atomic E-state index is 0.118. The van der Waals surface area contributed by atoms with Crippen molar-refractivity contribution in [3.63, 3.8) is 0 Å². The molecule has 0 saturated carbocycles. The van der Waals surface area contributed by atoms with Crippen LogP contribution < -0.4 is 21.4 Å². The van der Waals surface area contributed by atoms with Gasteiger partial charge in [-0.1, -0.05) is 53.5 Å². The maximum atomic E-state index is 14.4. The Morgan fingerprint density at radius 3 is 2.00 bits per heavy atom. The first-order valence-electron chi connectivity index (χ1n) is 19.2. The van der Waals surface area contributed by atoms with Crippen LogP contribution in [0.3, 0.4) is 0 Å². The molecule has 17 heteroatoms. The predicted octanol–water partition coefficient (Wildman–Crippen LogP) is 3.62. The molecule has 0 unspecified atom stereocenters. The summed E-state index contributed by atoms with van der Waals surface area (Å²) in [7, 11) is 0. The zero-order chi connectivity index (χ0) is 40.7. The molecule has 6 heterocycles. The molecule has 2 aliphatic rings. The molecule has 2 fully saturated rings. The van der Waals surface area contributed by atoms with Crippen molar-refractivity contribution in [3.8, 4) is 23.7 Å². The molecule has 2 amide bonds. The number of nitrogen functional groups attached to an aromatic ring is 1. The number of halogens is 1. The van der Waals surface area contributed by atoms with Crippen molar-refractivity contribution in [2.45, 2.75) is 6.54 Å². The first kappa shape index (κ1) is 40.8. The van der Waals surface area contributed by atoms with Gasteiger partial charge in [0, 0.05) is 105 Å². The molecule has 5 aromatic rings. The molecule has 2 aliphatic heterocycles. The third-order valence-corrected chi connectivity index (χ3v) is 9.69. The van der Waals surface area contributed by atoms with Crippen molar-refractivity contribution in [1.29, 1.82) is 0 Å². The largest absolute Gasteiger partial charge is 0.397 e. The predicted molar refractivity (Wildman–Crippen MR) is 225 cm³/mol. The van der Waals surface area contributed by atoms with Crippen LogP contribution in [0.15, 0.2) is 86.0 Å². The summed E-state index contributed by atoms with van der Waals surface area (Å²) in [4.78, 5) is 45.7. The van der Waals surface area contributed by atoms with Crippen LogP contribution in [0.4, 0.5) is 28.1 Å². The molecule has 4 aromatic heterocycles. The number of hydrazine groups is 1. The van der Waals surface area contributed by atoms with Gasteiger partial charge in [-0.3, -0.25) is 19.8 Å². The van der Waals surface area contributed by atoms with E-state index in [1.807, 2.05) is 18.2 Å². The second kappa shape index (κ2) is 20.9. The smallest absolute Gasteiger partial charge is 0.341 e. The van der Waals surface area contributed by atoms with Crippen molar-refractivity contribution in [2.24, 2.45) is 0 Å². The number of carbonyl (C=O) groups is 1. The van der Waals surface area contributed by atoms with Crippen LogP contribution >= 0.6 is 11.6 Å². The number of nitrogens with one attached hydrogen (secondary N) is 2. The molecular formula is C42H44ClN13O3. The Hall–Kier alpha value is -6.40. The van der Waals surface area contributed by atoms with E-state index in [1.54, 1.807) is 77.8 Å². The van der Waals surface area contributed by atoms with E-state index in [0.29, 0.717) is 76.9 Å². The van der Waals surface area contributed by atoms with E-state index >= 15 is 0 Å². The molecular weight excluding hydrogens is 770 g/mol. The van der Waals surface area contributed by atoms with Crippen molar-refractivity contribution in [1.82, 2.24) is 44.7 Å². The van der Waals surface area contributed by atoms with Crippen molar-refractivity contribution < 1.29 is 14.3 Å². The van der Waals surface area contributed by atoms with Crippen LogP contribution in [-0.2, 0) is 16.0 Å². The van der Waals surface area contributed by atoms with Gasteiger partial charge in [0.2, 0.25) is 11.9 Å². The Balaban J connectivity index is 1.09. The van der Waals surface area contributed by atoms with Gasteiger partial charge in [0.25, 0.3) is 0 Å². The molecule has 59 heavy (non-hydrogen) atoms. The van der Waals surface area contributed by atoms with E-state index in [4.69, 9.17) is 26.8 Å². The van der Waals surface area contributed by atoms with Gasteiger partial charge in [-0.05, 0) is 23.8 Å². The number of ether oxygens (including phenoxy) is 2. The lowest BCUT2D eigenvalue weighted by Gasteiger charge is -2.37. The molecule has 0 bridgehead atoms. The monoisotopic (exact) mass is 813 g/mol. The van der Waals surface area contributed by atoms with E-state index in [2.05, 4.69) is 74.0 Å². The topological polar surface area (TPSA) is 176 Å². The van der Waals surface area contributed by atoms with Gasteiger partial charge >= 0.3 is 6.03 Å². The Labute approximate surface area is 348 Å². The van der Waals surface area contributed by atoms with Crippen LogP contribution in [0.25, 0.3) is 0 Å². The lowest BCUT2D eigenvalue weighted by atomic mass is 10.2. The number of rotatable bonds is 12. The van der Waals surface area contributed by atoms with Gasteiger partial charge in [0.1, 0.15) is 0 Å². The van der Waals surface area contributed by atoms with Crippen molar-refractivity contribution in [2.75, 3.05) is 100 Å². The van der Waals surface area contributed by atoms with E-state index in [0.717, 1.165) is 58.0 Å². The van der Waals surface area contributed by atoms with E-state index in [9.17, 15) is 4.79 Å². The number of pyridine rings is 2. The van der Waals surface area contributed by atoms with Crippen LogP contribution in [0, 0.1) is 23.7 Å². The van der Waals surface area contributed by atoms with Crippen molar-refractivity contribution >= 4 is 40.9 Å². The first-order chi connectivity index (χ1) is 28.9. The van der Waals surface area contributed by atoms with Gasteiger partial charge in [-0.15, -0.1) is 0 Å². The fourth-order valence-electron chi connectivity index (χ4n) is 6.18. The molecule has 1 aromatic carbocycles. The van der Waals surface area contributed by atoms with Gasteiger partial charge in [0.15, 0.2) is 0 Å². The highest BCUT2D eigenvalue weighted by molar-refractivity contribution is 6.31. The Morgan fingerprint density at radius 1 is 0.746 bits per heavy atom. The Kier molecular flexibility index (Phi) is 14.4. The maximum Gasteiger partial charge on any atom is 0.341 e. The molecule has 302 valence electrons. The van der Waals surface area contributed by atoms with Crippen LogP contribution in [0.1, 0.15) is 27.8 Å². The zero-order valence-corrected chi connectivity index (χ0v) is 33.2. The quantitative estimate of drug-likeness (QED) is 0.123. The number of hydrogen-bond acceptors (Lipinski definition) is 14. The highest BCUT2D eigenvalue weighted by Crippen LogP contribution is 2.22. The summed E-state index contributed by atoms with van der Waals surface area (Å²) in [6, 6.07) is 10.4. The number of anilines is 4. The summed E-state index contributed by atoms with van der Waals surface area (Å²) in [6.45, 7) is 8.91. The molecule has 0 aliphatic carbocycles. The van der Waals surface area contributed by atoms with E-state index in [-0.39, 0.29) is 6.54 Å². The lowest BCUT2D eigenvalue weighted by molar-refractivity contribution is 0.0379. The second-order valence-electron chi connectivity index (χ2n) is 13.6. The van der Waals surface area contributed by atoms with Gasteiger partial charge in [-0.25, -0.2) is 34.7 Å². The summed E-state index contributed by atoms with van der Waals surface area (Å²) in [6.07, 6.45) is 13.0. The van der Waals surface area contributed by atoms with Gasteiger partial charge in [0.05, 0.1) is 68.2 Å². The molecule has 0 atom stereocenters. The third kappa shape index (κ3) is 12.3. The number of benzene rings is 1. The van der Waals surface area contributed by atoms with Gasteiger partial charge < -0.3 is 25.8 Å². The summed E-state index contributed by atoms with van der Waals surface area (Å²) in [5, 5.41) is 10.1. The molecule has 2 saturated heterocycles. The Morgan fingerprint density at radius 2 is 1.34 bits per heavy atom. The minimum atomic E-state index is -0.453. The fourth-order valence-corrected chi connectivity index (χ4v) is 6.37. The SMILES string of the molecule is Nc1cncc(C#Cc2cnc(N(CCN3CCOCC3)N(Cc3ccccc3Cl)C(=O)Nc3cncc(C#Cc4cnc(NCCN5CCOCC5)nc4)c3)nc2)c1. The van der Waals surface area contributed by atoms with E-state index in [1.165, 1.54) is 0 Å². The van der Waals surface area contributed by atoms with Gasteiger partial charge in [-0.2, -0.15) is 0 Å². The maximum absolute atomic E-state index is 14.4. The molecule has 16 nitrogen and oxygen atoms in total. The number of aromatic nitrogens is 6. The van der Waals surface area contributed by atoms with Crippen molar-refractivity contribution in [3.05, 3.63) is 119 Å². The highest BCUT2D eigenvalue weighted by atomic mass is 35.5. The second-order valence-corrected chi connectivity index (χ2v) is 14.0. The van der Waals surface area contributed by atoms with Crippen LogP contribution in [-0.4, -0.2) is 130 Å². The summed E-state index contributed by atoms with van der Waals surface area (Å²) < 4.78 is 11.0. The van der Waals surface area contributed by atoms with Crippen LogP contribution in [0.2, 0.25) is 5.02 Å². The highest BCUT2D eigenvalue weighted by Gasteiger charge is 2.27. The average Bonchev–Trinajstić information content (AvgIpc) is 3.27.